The van der Waals surface area contributed by atoms with Crippen LogP contribution in [0.15, 0.2) is 28.7 Å². The molecule has 3 N–H and O–H groups in total. The van der Waals surface area contributed by atoms with Gasteiger partial charge in [-0.2, -0.15) is 0 Å². The van der Waals surface area contributed by atoms with E-state index in [0.29, 0.717) is 12.1 Å². The number of hydrogen-bond donors (Lipinski definition) is 3. The third kappa shape index (κ3) is 5.74. The molecule has 1 aromatic carbocycles. The molecule has 1 unspecified atom stereocenters. The van der Waals surface area contributed by atoms with Gasteiger partial charge in [0.2, 0.25) is 0 Å². The summed E-state index contributed by atoms with van der Waals surface area (Å²) in [6.07, 6.45) is 2.08. The van der Waals surface area contributed by atoms with Gasteiger partial charge in [-0.3, -0.25) is 0 Å². The summed E-state index contributed by atoms with van der Waals surface area (Å²) in [5.74, 6) is -1.01. The summed E-state index contributed by atoms with van der Waals surface area (Å²) in [4.78, 5) is 22.7. The number of carboxylic acid groups (broad SMARTS) is 1. The van der Waals surface area contributed by atoms with Gasteiger partial charge in [-0.25, -0.2) is 9.59 Å². The Balaban J connectivity index is 2.52. The Morgan fingerprint density at radius 3 is 2.47 bits per heavy atom. The van der Waals surface area contributed by atoms with Gasteiger partial charge >= 0.3 is 12.0 Å². The second-order valence-corrected chi connectivity index (χ2v) is 5.05. The number of carbonyl (C=O) groups is 2. The van der Waals surface area contributed by atoms with E-state index in [1.165, 1.54) is 0 Å². The van der Waals surface area contributed by atoms with Crippen LogP contribution in [0.25, 0.3) is 0 Å². The molecule has 0 aliphatic heterocycles. The van der Waals surface area contributed by atoms with Gasteiger partial charge in [0.1, 0.15) is 6.04 Å². The molecule has 5 nitrogen and oxygen atoms in total. The molecule has 1 rings (SSSR count). The Morgan fingerprint density at radius 1 is 1.32 bits per heavy atom. The first-order valence-electron chi connectivity index (χ1n) is 6.08. The van der Waals surface area contributed by atoms with Crippen molar-refractivity contribution < 1.29 is 14.7 Å². The first kappa shape index (κ1) is 15.5. The Kier molecular flexibility index (Phi) is 6.35. The number of aliphatic carboxylic acids is 1. The van der Waals surface area contributed by atoms with Crippen molar-refractivity contribution in [3.05, 3.63) is 28.7 Å². The second-order valence-electron chi connectivity index (χ2n) is 4.14. The Labute approximate surface area is 120 Å². The normalized spacial score (nSPS) is 11.7. The molecule has 0 saturated carbocycles. The number of carboxylic acids is 1. The van der Waals surface area contributed by atoms with Crippen molar-refractivity contribution in [2.24, 2.45) is 0 Å². The van der Waals surface area contributed by atoms with E-state index in [2.05, 4.69) is 26.6 Å². The molecule has 0 spiro atoms. The topological polar surface area (TPSA) is 78.4 Å². The van der Waals surface area contributed by atoms with Crippen LogP contribution < -0.4 is 10.6 Å². The van der Waals surface area contributed by atoms with E-state index in [9.17, 15) is 9.59 Å². The number of rotatable bonds is 6. The minimum Gasteiger partial charge on any atom is -0.480 e. The molecule has 0 aliphatic rings. The molecular formula is C13H17BrN2O3. The summed E-state index contributed by atoms with van der Waals surface area (Å²) >= 11 is 3.29. The van der Waals surface area contributed by atoms with Gasteiger partial charge in [0.05, 0.1) is 0 Å². The zero-order chi connectivity index (χ0) is 14.3. The SMILES string of the molecule is CCCCC(NC(=O)Nc1ccc(Br)cc1)C(=O)O. The van der Waals surface area contributed by atoms with Crippen molar-refractivity contribution in [2.45, 2.75) is 32.2 Å². The van der Waals surface area contributed by atoms with Crippen LogP contribution in [0.2, 0.25) is 0 Å². The summed E-state index contributed by atoms with van der Waals surface area (Å²) in [6.45, 7) is 1.97. The van der Waals surface area contributed by atoms with Gasteiger partial charge in [-0.05, 0) is 30.7 Å². The van der Waals surface area contributed by atoms with Crippen LogP contribution in [0.5, 0.6) is 0 Å². The number of urea groups is 1. The van der Waals surface area contributed by atoms with E-state index in [4.69, 9.17) is 5.11 Å². The van der Waals surface area contributed by atoms with Gasteiger partial charge in [0.15, 0.2) is 0 Å². The van der Waals surface area contributed by atoms with Crippen LogP contribution in [0.1, 0.15) is 26.2 Å². The first-order valence-corrected chi connectivity index (χ1v) is 6.88. The zero-order valence-corrected chi connectivity index (χ0v) is 12.2. The largest absolute Gasteiger partial charge is 0.480 e. The lowest BCUT2D eigenvalue weighted by Crippen LogP contribution is -2.42. The summed E-state index contributed by atoms with van der Waals surface area (Å²) < 4.78 is 0.907. The zero-order valence-electron chi connectivity index (χ0n) is 10.6. The molecule has 0 heterocycles. The molecule has 0 saturated heterocycles. The molecule has 1 atom stereocenters. The molecule has 0 radical (unpaired) electrons. The van der Waals surface area contributed by atoms with Gasteiger partial charge in [-0.1, -0.05) is 35.7 Å². The highest BCUT2D eigenvalue weighted by Crippen LogP contribution is 2.14. The van der Waals surface area contributed by atoms with Crippen molar-refractivity contribution >= 4 is 33.6 Å². The maximum Gasteiger partial charge on any atom is 0.326 e. The van der Waals surface area contributed by atoms with E-state index in [1.54, 1.807) is 24.3 Å². The fraction of sp³-hybridized carbons (Fsp3) is 0.385. The van der Waals surface area contributed by atoms with Crippen molar-refractivity contribution in [1.82, 2.24) is 5.32 Å². The molecule has 2 amide bonds. The molecule has 104 valence electrons. The molecule has 19 heavy (non-hydrogen) atoms. The lowest BCUT2D eigenvalue weighted by atomic mass is 10.1. The predicted octanol–water partition coefficient (Wildman–Crippen LogP) is 3.21. The number of unbranched alkanes of at least 4 members (excludes halogenated alkanes) is 1. The van der Waals surface area contributed by atoms with Gasteiger partial charge in [0.25, 0.3) is 0 Å². The van der Waals surface area contributed by atoms with E-state index >= 15 is 0 Å². The predicted molar refractivity (Wildman–Crippen MR) is 77.2 cm³/mol. The maximum atomic E-state index is 11.7. The number of halogens is 1. The maximum absolute atomic E-state index is 11.7. The number of carbonyl (C=O) groups excluding carboxylic acids is 1. The number of amides is 2. The molecule has 1 aromatic rings. The number of anilines is 1. The molecular weight excluding hydrogens is 312 g/mol. The molecule has 0 bridgehead atoms. The van der Waals surface area contributed by atoms with Crippen molar-refractivity contribution in [2.75, 3.05) is 5.32 Å². The van der Waals surface area contributed by atoms with Crippen LogP contribution in [-0.4, -0.2) is 23.1 Å². The third-order valence-corrected chi connectivity index (χ3v) is 3.08. The van der Waals surface area contributed by atoms with Crippen LogP contribution in [-0.2, 0) is 4.79 Å². The molecule has 0 aliphatic carbocycles. The standard InChI is InChI=1S/C13H17BrN2O3/c1-2-3-4-11(12(17)18)16-13(19)15-10-7-5-9(14)6-8-10/h5-8,11H,2-4H2,1H3,(H,17,18)(H2,15,16,19). The highest BCUT2D eigenvalue weighted by molar-refractivity contribution is 9.10. The monoisotopic (exact) mass is 328 g/mol. The first-order chi connectivity index (χ1) is 9.02. The number of benzene rings is 1. The van der Waals surface area contributed by atoms with E-state index < -0.39 is 18.0 Å². The fourth-order valence-corrected chi connectivity index (χ4v) is 1.79. The Morgan fingerprint density at radius 2 is 1.95 bits per heavy atom. The van der Waals surface area contributed by atoms with Crippen LogP contribution >= 0.6 is 15.9 Å². The van der Waals surface area contributed by atoms with E-state index in [0.717, 1.165) is 17.3 Å². The minimum atomic E-state index is -1.01. The highest BCUT2D eigenvalue weighted by Gasteiger charge is 2.18. The quantitative estimate of drug-likeness (QED) is 0.750. The van der Waals surface area contributed by atoms with Crippen LogP contribution in [0.3, 0.4) is 0 Å². The van der Waals surface area contributed by atoms with Crippen LogP contribution in [0.4, 0.5) is 10.5 Å². The minimum absolute atomic E-state index is 0.430. The number of nitrogens with one attached hydrogen (secondary N) is 2. The summed E-state index contributed by atoms with van der Waals surface area (Å²) in [5.41, 5.74) is 0.611. The number of hydrogen-bond acceptors (Lipinski definition) is 2. The smallest absolute Gasteiger partial charge is 0.326 e. The van der Waals surface area contributed by atoms with Gasteiger partial charge in [-0.15, -0.1) is 0 Å². The van der Waals surface area contributed by atoms with Gasteiger partial charge in [0, 0.05) is 10.2 Å². The average molecular weight is 329 g/mol. The second kappa shape index (κ2) is 7.78. The van der Waals surface area contributed by atoms with Crippen molar-refractivity contribution in [3.8, 4) is 0 Å². The lowest BCUT2D eigenvalue weighted by molar-refractivity contribution is -0.139. The summed E-state index contributed by atoms with van der Waals surface area (Å²) in [6, 6.07) is 5.68. The molecule has 0 fully saturated rings. The summed E-state index contributed by atoms with van der Waals surface area (Å²) in [7, 11) is 0. The molecule has 6 heteroatoms. The fourth-order valence-electron chi connectivity index (χ4n) is 1.52. The average Bonchev–Trinajstić information content (AvgIpc) is 2.37. The van der Waals surface area contributed by atoms with E-state index in [-0.39, 0.29) is 0 Å². The van der Waals surface area contributed by atoms with E-state index in [1.807, 2.05) is 6.92 Å². The van der Waals surface area contributed by atoms with Crippen molar-refractivity contribution in [3.63, 3.8) is 0 Å². The summed E-state index contributed by atoms with van der Waals surface area (Å²) in [5, 5.41) is 14.1. The lowest BCUT2D eigenvalue weighted by Gasteiger charge is -2.14. The highest BCUT2D eigenvalue weighted by atomic mass is 79.9. The van der Waals surface area contributed by atoms with Crippen LogP contribution in [0, 0.1) is 0 Å². The third-order valence-electron chi connectivity index (χ3n) is 2.55. The Hall–Kier alpha value is -1.56. The Bertz CT molecular complexity index is 434. The van der Waals surface area contributed by atoms with Gasteiger partial charge < -0.3 is 15.7 Å². The van der Waals surface area contributed by atoms with Crippen molar-refractivity contribution in [1.29, 1.82) is 0 Å². The molecule has 0 aromatic heterocycles.